The van der Waals surface area contributed by atoms with Crippen LogP contribution in [0, 0.1) is 17.8 Å². The highest BCUT2D eigenvalue weighted by atomic mass is 16.6. The molecule has 9 heteroatoms. The van der Waals surface area contributed by atoms with Gasteiger partial charge in [-0.2, -0.15) is 0 Å². The number of carbonyl (C=O) groups excluding carboxylic acids is 2. The van der Waals surface area contributed by atoms with Crippen LogP contribution in [0.25, 0.3) is 0 Å². The number of fused-ring (bicyclic) bond motifs is 1. The summed E-state index contributed by atoms with van der Waals surface area (Å²) in [7, 11) is 1.71. The largest absolute Gasteiger partial charge is 0.443 e. The van der Waals surface area contributed by atoms with Gasteiger partial charge in [-0.25, -0.2) is 4.79 Å². The summed E-state index contributed by atoms with van der Waals surface area (Å²) >= 11 is 0. The Labute approximate surface area is 227 Å². The number of carbonyl (C=O) groups is 2. The normalized spacial score (nSPS) is 39.7. The molecule has 1 unspecified atom stereocenters. The topological polar surface area (TPSA) is 87.4 Å². The minimum Gasteiger partial charge on any atom is -0.443 e. The summed E-state index contributed by atoms with van der Waals surface area (Å²) in [4.78, 5) is 31.9. The number of epoxide rings is 2. The molecule has 0 bridgehead atoms. The highest BCUT2D eigenvalue weighted by Gasteiger charge is 2.72. The van der Waals surface area contributed by atoms with Crippen LogP contribution in [0.1, 0.15) is 53.9 Å². The number of hydrogen-bond acceptors (Lipinski definition) is 7. The zero-order chi connectivity index (χ0) is 27.2. The van der Waals surface area contributed by atoms with Crippen LogP contribution >= 0.6 is 0 Å². The van der Waals surface area contributed by atoms with Crippen molar-refractivity contribution < 1.29 is 28.5 Å². The van der Waals surface area contributed by atoms with E-state index in [-0.39, 0.29) is 47.4 Å². The average molecular weight is 534 g/mol. The van der Waals surface area contributed by atoms with Crippen molar-refractivity contribution in [2.75, 3.05) is 59.5 Å². The quantitative estimate of drug-likeness (QED) is 0.333. The van der Waals surface area contributed by atoms with Gasteiger partial charge in [-0.3, -0.25) is 9.69 Å². The highest BCUT2D eigenvalue weighted by Crippen LogP contribution is 2.59. The minimum atomic E-state index is -0.342. The lowest BCUT2D eigenvalue weighted by Crippen LogP contribution is -2.56. The van der Waals surface area contributed by atoms with E-state index in [1.54, 1.807) is 7.11 Å². The lowest BCUT2D eigenvalue weighted by molar-refractivity contribution is -0.131. The zero-order valence-electron chi connectivity index (χ0n) is 24.1. The molecule has 0 N–H and O–H groups in total. The molecule has 0 aromatic rings. The molecule has 1 spiro atoms. The molecule has 4 aliphatic heterocycles. The van der Waals surface area contributed by atoms with E-state index in [0.29, 0.717) is 31.5 Å². The average Bonchev–Trinajstić information content (AvgIpc) is 3.68. The highest BCUT2D eigenvalue weighted by molar-refractivity contribution is 5.78. The van der Waals surface area contributed by atoms with Gasteiger partial charge in [0.15, 0.2) is 0 Å². The number of likely N-dealkylation sites (tertiary alicyclic amines) is 2. The molecular formula is C29H47N3O6. The van der Waals surface area contributed by atoms with Crippen LogP contribution in [0.3, 0.4) is 0 Å². The van der Waals surface area contributed by atoms with E-state index in [9.17, 15) is 9.59 Å². The number of ether oxygens (including phenoxy) is 4. The molecule has 0 aromatic carbocycles. The zero-order valence-corrected chi connectivity index (χ0v) is 24.1. The van der Waals surface area contributed by atoms with Gasteiger partial charge < -0.3 is 28.7 Å². The Hall–Kier alpha value is -1.68. The first-order valence-electron chi connectivity index (χ1n) is 14.6. The molecule has 0 aromatic heterocycles. The summed E-state index contributed by atoms with van der Waals surface area (Å²) in [6, 6.07) is 0. The second kappa shape index (κ2) is 10.7. The molecule has 2 amide bonds. The lowest BCUT2D eigenvalue weighted by Gasteiger charge is -2.43. The number of hydrogen-bond donors (Lipinski definition) is 0. The van der Waals surface area contributed by atoms with Gasteiger partial charge in [0.1, 0.15) is 23.4 Å². The van der Waals surface area contributed by atoms with Gasteiger partial charge in [0.25, 0.3) is 0 Å². The van der Waals surface area contributed by atoms with E-state index in [2.05, 4.69) is 31.7 Å². The maximum Gasteiger partial charge on any atom is 0.410 e. The molecule has 4 heterocycles. The van der Waals surface area contributed by atoms with E-state index >= 15 is 0 Å². The Kier molecular flexibility index (Phi) is 7.86. The van der Waals surface area contributed by atoms with E-state index in [1.807, 2.05) is 23.6 Å². The number of nitrogens with zero attached hydrogens (tertiary/aromatic N) is 3. The van der Waals surface area contributed by atoms with Crippen molar-refractivity contribution in [3.8, 4) is 0 Å². The molecule has 9 nitrogen and oxygen atoms in total. The van der Waals surface area contributed by atoms with Gasteiger partial charge in [0.05, 0.1) is 25.2 Å². The molecule has 1 saturated carbocycles. The van der Waals surface area contributed by atoms with Gasteiger partial charge in [-0.15, -0.1) is 0 Å². The molecule has 5 rings (SSSR count). The van der Waals surface area contributed by atoms with Gasteiger partial charge in [-0.05, 0) is 65.7 Å². The molecule has 4 saturated heterocycles. The first kappa shape index (κ1) is 27.9. The third kappa shape index (κ3) is 5.23. The first-order valence-corrected chi connectivity index (χ1v) is 14.6. The summed E-state index contributed by atoms with van der Waals surface area (Å²) in [5.41, 5.74) is 0.715. The smallest absolute Gasteiger partial charge is 0.410 e. The van der Waals surface area contributed by atoms with E-state index in [0.717, 1.165) is 52.0 Å². The number of amides is 2. The van der Waals surface area contributed by atoms with Crippen LogP contribution in [0.2, 0.25) is 0 Å². The monoisotopic (exact) mass is 533 g/mol. The Morgan fingerprint density at radius 3 is 2.32 bits per heavy atom. The summed E-state index contributed by atoms with van der Waals surface area (Å²) in [6.07, 6.45) is 3.99. The van der Waals surface area contributed by atoms with Crippen LogP contribution in [0.4, 0.5) is 4.79 Å². The van der Waals surface area contributed by atoms with Crippen molar-refractivity contribution in [2.45, 2.75) is 83.4 Å². The number of methoxy groups -OCH3 is 1. The van der Waals surface area contributed by atoms with Crippen molar-refractivity contribution in [1.82, 2.24) is 14.7 Å². The van der Waals surface area contributed by atoms with E-state index in [1.165, 1.54) is 5.57 Å². The Bertz CT molecular complexity index is 915. The molecule has 38 heavy (non-hydrogen) atoms. The Morgan fingerprint density at radius 2 is 1.76 bits per heavy atom. The molecular weight excluding hydrogens is 486 g/mol. The van der Waals surface area contributed by atoms with Crippen LogP contribution in [0.5, 0.6) is 0 Å². The predicted octanol–water partition coefficient (Wildman–Crippen LogP) is 2.93. The van der Waals surface area contributed by atoms with Crippen LogP contribution < -0.4 is 0 Å². The lowest BCUT2D eigenvalue weighted by atomic mass is 9.68. The first-order chi connectivity index (χ1) is 18.1. The van der Waals surface area contributed by atoms with Crippen molar-refractivity contribution in [3.63, 3.8) is 0 Å². The summed E-state index contributed by atoms with van der Waals surface area (Å²) < 4.78 is 24.5. The van der Waals surface area contributed by atoms with E-state index in [4.69, 9.17) is 18.9 Å². The third-order valence-corrected chi connectivity index (χ3v) is 9.78. The second-order valence-corrected chi connectivity index (χ2v) is 12.5. The number of rotatable bonds is 9. The summed E-state index contributed by atoms with van der Waals surface area (Å²) in [6.45, 7) is 16.2. The van der Waals surface area contributed by atoms with Crippen molar-refractivity contribution in [1.29, 1.82) is 0 Å². The fourth-order valence-electron chi connectivity index (χ4n) is 7.51. The summed E-state index contributed by atoms with van der Waals surface area (Å²) in [5.74, 6) is 0.999. The molecule has 5 aliphatic rings. The molecule has 5 fully saturated rings. The van der Waals surface area contributed by atoms with Crippen LogP contribution in [-0.4, -0.2) is 116 Å². The SMILES string of the molecule is CCN(CC)C(=O)CN1C[C@@H]2CN(C(=O)O[C@@H]3CC[C@]4(CO4)C([C@@]4(C)O[C@@H]4CC=C(C)C)[C@@H]3OC)C[C@@H]2C1. The fourth-order valence-corrected chi connectivity index (χ4v) is 7.51. The molecule has 1 aliphatic carbocycles. The standard InChI is InChI=1S/C29H47N3O6/c1-7-31(8-2)24(33)17-30-13-20-15-32(16-21(20)14-30)27(34)37-22-11-12-29(18-36-29)26(25(22)35-6)28(5)23(38-28)10-9-19(3)4/h9,20-23,25-26H,7-8,10-18H2,1-6H3/t20-,21+,22-,23-,25-,26?,28+,29+/m1/s1. The van der Waals surface area contributed by atoms with Gasteiger partial charge >= 0.3 is 6.09 Å². The van der Waals surface area contributed by atoms with Crippen molar-refractivity contribution in [2.24, 2.45) is 17.8 Å². The van der Waals surface area contributed by atoms with Crippen LogP contribution in [-0.2, 0) is 23.7 Å². The molecule has 0 radical (unpaired) electrons. The van der Waals surface area contributed by atoms with Crippen LogP contribution in [0.15, 0.2) is 11.6 Å². The van der Waals surface area contributed by atoms with Crippen molar-refractivity contribution >= 4 is 12.0 Å². The van der Waals surface area contributed by atoms with Gasteiger partial charge in [-0.1, -0.05) is 11.6 Å². The third-order valence-electron chi connectivity index (χ3n) is 9.78. The number of likely N-dealkylation sites (N-methyl/N-ethyl adjacent to an activating group) is 1. The molecule has 214 valence electrons. The molecule has 8 atom stereocenters. The fraction of sp³-hybridized carbons (Fsp3) is 0.862. The van der Waals surface area contributed by atoms with E-state index < -0.39 is 0 Å². The maximum absolute atomic E-state index is 13.3. The van der Waals surface area contributed by atoms with Gasteiger partial charge in [0.2, 0.25) is 5.91 Å². The predicted molar refractivity (Wildman–Crippen MR) is 143 cm³/mol. The maximum atomic E-state index is 13.3. The Balaban J connectivity index is 1.17. The Morgan fingerprint density at radius 1 is 1.11 bits per heavy atom. The summed E-state index contributed by atoms with van der Waals surface area (Å²) in [5, 5.41) is 0. The van der Waals surface area contributed by atoms with Crippen molar-refractivity contribution in [3.05, 3.63) is 11.6 Å². The second-order valence-electron chi connectivity index (χ2n) is 12.5. The minimum absolute atomic E-state index is 0.0250. The van der Waals surface area contributed by atoms with Gasteiger partial charge in [0, 0.05) is 46.4 Å². The number of allylic oxidation sites excluding steroid dienone is 1.